The zero-order chi connectivity index (χ0) is 29.0. The molecule has 0 radical (unpaired) electrons. The molecule has 9 heteroatoms. The van der Waals surface area contributed by atoms with E-state index in [2.05, 4.69) is 43.6 Å². The molecule has 8 nitrogen and oxygen atoms in total. The highest BCUT2D eigenvalue weighted by Crippen LogP contribution is 2.52. The SMILES string of the molecule is CN[C@@H](C)C(=O)NC1CCOC2CC(C(C)C)(C(C)C)C(C(=O)NC(c3ccccc3)c3ccccc3)N2C1=O.Cl. The van der Waals surface area contributed by atoms with Gasteiger partial charge in [0.05, 0.1) is 18.7 Å². The first-order valence-corrected chi connectivity index (χ1v) is 14.4. The molecular formula is C32H45ClN4O4. The number of ether oxygens (including phenoxy) is 1. The normalized spacial score (nSPS) is 22.6. The maximum Gasteiger partial charge on any atom is 0.247 e. The van der Waals surface area contributed by atoms with Crippen LogP contribution in [0.25, 0.3) is 0 Å². The molecule has 2 aromatic carbocycles. The first-order chi connectivity index (χ1) is 19.1. The number of nitrogens with zero attached hydrogens (tertiary/aromatic N) is 1. The number of halogens is 1. The summed E-state index contributed by atoms with van der Waals surface area (Å²) in [5, 5.41) is 9.15. The quantitative estimate of drug-likeness (QED) is 0.413. The number of amides is 3. The van der Waals surface area contributed by atoms with Crippen molar-refractivity contribution >= 4 is 30.1 Å². The van der Waals surface area contributed by atoms with Gasteiger partial charge in [-0.2, -0.15) is 0 Å². The van der Waals surface area contributed by atoms with E-state index in [9.17, 15) is 14.4 Å². The fourth-order valence-corrected chi connectivity index (χ4v) is 6.54. The summed E-state index contributed by atoms with van der Waals surface area (Å²) in [7, 11) is 1.70. The van der Waals surface area contributed by atoms with Crippen LogP contribution in [-0.2, 0) is 19.1 Å². The predicted molar refractivity (Wildman–Crippen MR) is 162 cm³/mol. The molecule has 0 spiro atoms. The first-order valence-electron chi connectivity index (χ1n) is 14.4. The molecule has 0 bridgehead atoms. The van der Waals surface area contributed by atoms with Crippen molar-refractivity contribution in [3.05, 3.63) is 71.8 Å². The van der Waals surface area contributed by atoms with Gasteiger partial charge in [0, 0.05) is 18.3 Å². The minimum Gasteiger partial charge on any atom is -0.358 e. The van der Waals surface area contributed by atoms with Gasteiger partial charge in [0.25, 0.3) is 0 Å². The van der Waals surface area contributed by atoms with Crippen LogP contribution in [0.15, 0.2) is 60.7 Å². The number of nitrogens with one attached hydrogen (secondary N) is 3. The summed E-state index contributed by atoms with van der Waals surface area (Å²) < 4.78 is 6.26. The third-order valence-electron chi connectivity index (χ3n) is 8.99. The van der Waals surface area contributed by atoms with E-state index in [1.807, 2.05) is 60.7 Å². The molecule has 3 N–H and O–H groups in total. The third kappa shape index (κ3) is 6.45. The Hall–Kier alpha value is -2.94. The number of carbonyl (C=O) groups excluding carboxylic acids is 3. The molecule has 0 aliphatic carbocycles. The zero-order valence-corrected chi connectivity index (χ0v) is 25.7. The molecule has 2 heterocycles. The maximum absolute atomic E-state index is 14.6. The van der Waals surface area contributed by atoms with Gasteiger partial charge in [-0.15, -0.1) is 12.4 Å². The first kappa shape index (κ1) is 32.6. The van der Waals surface area contributed by atoms with Crippen molar-refractivity contribution in [3.63, 3.8) is 0 Å². The Kier molecular flexibility index (Phi) is 11.0. The van der Waals surface area contributed by atoms with E-state index in [-0.39, 0.29) is 48.0 Å². The Bertz CT molecular complexity index is 1130. The summed E-state index contributed by atoms with van der Waals surface area (Å²) >= 11 is 0. The Morgan fingerprint density at radius 1 is 0.927 bits per heavy atom. The lowest BCUT2D eigenvalue weighted by Crippen LogP contribution is -2.60. The number of rotatable bonds is 9. The van der Waals surface area contributed by atoms with Gasteiger partial charge in [-0.3, -0.25) is 14.4 Å². The maximum atomic E-state index is 14.6. The second kappa shape index (κ2) is 13.8. The zero-order valence-electron chi connectivity index (χ0n) is 24.9. The van der Waals surface area contributed by atoms with Crippen molar-refractivity contribution in [3.8, 4) is 0 Å². The van der Waals surface area contributed by atoms with Crippen LogP contribution >= 0.6 is 12.4 Å². The van der Waals surface area contributed by atoms with E-state index in [1.54, 1.807) is 18.9 Å². The molecule has 3 unspecified atom stereocenters. The van der Waals surface area contributed by atoms with Crippen molar-refractivity contribution in [2.75, 3.05) is 13.7 Å². The minimum atomic E-state index is -0.766. The highest BCUT2D eigenvalue weighted by molar-refractivity contribution is 5.94. The fourth-order valence-electron chi connectivity index (χ4n) is 6.54. The van der Waals surface area contributed by atoms with Crippen molar-refractivity contribution in [1.82, 2.24) is 20.9 Å². The summed E-state index contributed by atoms with van der Waals surface area (Å²) in [5.74, 6) is -0.549. The number of benzene rings is 2. The number of carbonyl (C=O) groups is 3. The Balaban J connectivity index is 0.00000462. The molecule has 4 rings (SSSR count). The van der Waals surface area contributed by atoms with Crippen molar-refractivity contribution in [2.45, 2.75) is 77.9 Å². The lowest BCUT2D eigenvalue weighted by molar-refractivity contribution is -0.151. The highest BCUT2D eigenvalue weighted by Gasteiger charge is 2.61. The van der Waals surface area contributed by atoms with Gasteiger partial charge >= 0.3 is 0 Å². The van der Waals surface area contributed by atoms with E-state index >= 15 is 0 Å². The topological polar surface area (TPSA) is 99.8 Å². The van der Waals surface area contributed by atoms with Gasteiger partial charge < -0.3 is 25.6 Å². The van der Waals surface area contributed by atoms with Crippen molar-refractivity contribution < 1.29 is 19.1 Å². The second-order valence-corrected chi connectivity index (χ2v) is 11.7. The van der Waals surface area contributed by atoms with Crippen molar-refractivity contribution in [1.29, 1.82) is 0 Å². The molecule has 2 aromatic rings. The lowest BCUT2D eigenvalue weighted by atomic mass is 9.63. The number of likely N-dealkylation sites (N-methyl/N-ethyl adjacent to an activating group) is 1. The van der Waals surface area contributed by atoms with Gasteiger partial charge in [-0.25, -0.2) is 0 Å². The van der Waals surface area contributed by atoms with Gasteiger partial charge in [0.1, 0.15) is 18.3 Å². The smallest absolute Gasteiger partial charge is 0.247 e. The average Bonchev–Trinajstić information content (AvgIpc) is 3.24. The van der Waals surface area contributed by atoms with Gasteiger partial charge in [0.15, 0.2) is 0 Å². The van der Waals surface area contributed by atoms with Crippen LogP contribution in [0.1, 0.15) is 64.6 Å². The molecule has 0 saturated carbocycles. The van der Waals surface area contributed by atoms with E-state index in [1.165, 1.54) is 0 Å². The van der Waals surface area contributed by atoms with Crippen LogP contribution in [0.5, 0.6) is 0 Å². The predicted octanol–water partition coefficient (Wildman–Crippen LogP) is 4.05. The summed E-state index contributed by atoms with van der Waals surface area (Å²) in [4.78, 5) is 43.1. The molecule has 41 heavy (non-hydrogen) atoms. The highest BCUT2D eigenvalue weighted by atomic mass is 35.5. The van der Waals surface area contributed by atoms with Crippen LogP contribution < -0.4 is 16.0 Å². The average molecular weight is 585 g/mol. The Labute approximate surface area is 250 Å². The minimum absolute atomic E-state index is 0. The standard InChI is InChI=1S/C32H44N4O4.ClH/c1-20(2)32(21(3)4)19-26-36(31(39)25(17-18-40-26)34-29(37)22(5)33-6)28(32)30(38)35-27(23-13-9-7-10-14-23)24-15-11-8-12-16-24;/h7-16,20-22,25-28,33H,17-19H2,1-6H3,(H,34,37)(H,35,38);1H/t22-,25?,26?,28?;/m0./s1. The molecule has 2 fully saturated rings. The van der Waals surface area contributed by atoms with Gasteiger partial charge in [-0.1, -0.05) is 88.4 Å². The Morgan fingerprint density at radius 2 is 1.46 bits per heavy atom. The summed E-state index contributed by atoms with van der Waals surface area (Å²) in [6.45, 7) is 10.6. The van der Waals surface area contributed by atoms with E-state index in [0.29, 0.717) is 19.4 Å². The van der Waals surface area contributed by atoms with E-state index in [4.69, 9.17) is 4.74 Å². The monoisotopic (exact) mass is 584 g/mol. The summed E-state index contributed by atoms with van der Waals surface area (Å²) in [6, 6.07) is 17.4. The summed E-state index contributed by atoms with van der Waals surface area (Å²) in [6.07, 6.45) is 0.375. The molecule has 224 valence electrons. The lowest BCUT2D eigenvalue weighted by Gasteiger charge is -2.44. The third-order valence-corrected chi connectivity index (χ3v) is 8.99. The largest absolute Gasteiger partial charge is 0.358 e. The summed E-state index contributed by atoms with van der Waals surface area (Å²) in [5.41, 5.74) is 1.40. The molecule has 2 aliphatic rings. The molecule has 2 saturated heterocycles. The van der Waals surface area contributed by atoms with E-state index < -0.39 is 29.8 Å². The van der Waals surface area contributed by atoms with Crippen LogP contribution in [0.2, 0.25) is 0 Å². The second-order valence-electron chi connectivity index (χ2n) is 11.7. The molecule has 4 atom stereocenters. The van der Waals surface area contributed by atoms with Gasteiger partial charge in [-0.05, 0) is 36.9 Å². The number of hydrogen-bond acceptors (Lipinski definition) is 5. The molecule has 3 amide bonds. The van der Waals surface area contributed by atoms with Crippen LogP contribution in [-0.4, -0.2) is 60.6 Å². The Morgan fingerprint density at radius 3 is 1.95 bits per heavy atom. The molecular weight excluding hydrogens is 540 g/mol. The van der Waals surface area contributed by atoms with Crippen LogP contribution in [0, 0.1) is 17.3 Å². The molecule has 2 aliphatic heterocycles. The molecule has 0 aromatic heterocycles. The number of fused-ring (bicyclic) bond motifs is 1. The van der Waals surface area contributed by atoms with Crippen molar-refractivity contribution in [2.24, 2.45) is 17.3 Å². The fraction of sp³-hybridized carbons (Fsp3) is 0.531. The van der Waals surface area contributed by atoms with Crippen LogP contribution in [0.4, 0.5) is 0 Å². The van der Waals surface area contributed by atoms with E-state index in [0.717, 1.165) is 11.1 Å². The van der Waals surface area contributed by atoms with Crippen LogP contribution in [0.3, 0.4) is 0 Å². The van der Waals surface area contributed by atoms with Gasteiger partial charge in [0.2, 0.25) is 17.7 Å². The number of hydrogen-bond donors (Lipinski definition) is 3.